The molecule has 1 aromatic rings. The molecular weight excluding hydrogens is 222 g/mol. The fourth-order valence-corrected chi connectivity index (χ4v) is 1.36. The molecule has 0 saturated heterocycles. The average molecular weight is 239 g/mol. The Morgan fingerprint density at radius 2 is 2.24 bits per heavy atom. The van der Waals surface area contributed by atoms with E-state index >= 15 is 0 Å². The smallest absolute Gasteiger partial charge is 0.251 e. The van der Waals surface area contributed by atoms with Crippen LogP contribution in [0.3, 0.4) is 0 Å². The number of hydrogen-bond donors (Lipinski definition) is 3. The molecule has 0 aliphatic heterocycles. The monoisotopic (exact) mass is 239 g/mol. The van der Waals surface area contributed by atoms with Crippen molar-refractivity contribution in [1.29, 1.82) is 0 Å². The predicted octanol–water partition coefficient (Wildman–Crippen LogP) is 0.438. The quantitative estimate of drug-likeness (QED) is 0.696. The van der Waals surface area contributed by atoms with Crippen molar-refractivity contribution >= 4 is 5.91 Å². The first-order chi connectivity index (χ1) is 8.08. The molecule has 1 rings (SSSR count). The topological polar surface area (TPSA) is 78.8 Å². The van der Waals surface area contributed by atoms with Gasteiger partial charge < -0.3 is 20.3 Å². The highest BCUT2D eigenvalue weighted by atomic mass is 16.5. The molecule has 1 amide bonds. The first-order valence-corrected chi connectivity index (χ1v) is 5.28. The molecule has 0 radical (unpaired) electrons. The Bertz CT molecular complexity index is 392. The number of phenolic OH excluding ortho intramolecular Hbond substituents is 1. The zero-order valence-corrected chi connectivity index (χ0v) is 9.93. The number of hydrogen-bond acceptors (Lipinski definition) is 4. The number of carbonyl (C=O) groups excluding carboxylic acids is 1. The molecule has 0 saturated carbocycles. The molecule has 0 fully saturated rings. The number of phenols is 1. The van der Waals surface area contributed by atoms with Crippen LogP contribution in [0.4, 0.5) is 0 Å². The normalized spacial score (nSPS) is 12.2. The van der Waals surface area contributed by atoms with Crippen LogP contribution in [0.25, 0.3) is 0 Å². The predicted molar refractivity (Wildman–Crippen MR) is 63.1 cm³/mol. The third-order valence-corrected chi connectivity index (χ3v) is 2.39. The summed E-state index contributed by atoms with van der Waals surface area (Å²) in [4.78, 5) is 11.8. The van der Waals surface area contributed by atoms with Crippen molar-refractivity contribution in [2.75, 3.05) is 20.3 Å². The average Bonchev–Trinajstić information content (AvgIpc) is 2.31. The first kappa shape index (κ1) is 13.5. The second-order valence-electron chi connectivity index (χ2n) is 3.81. The van der Waals surface area contributed by atoms with E-state index in [1.54, 1.807) is 19.1 Å². The molecule has 5 heteroatoms. The summed E-state index contributed by atoms with van der Waals surface area (Å²) in [7, 11) is 1.49. The zero-order chi connectivity index (χ0) is 12.8. The van der Waals surface area contributed by atoms with Gasteiger partial charge in [0.05, 0.1) is 19.3 Å². The maximum absolute atomic E-state index is 11.8. The van der Waals surface area contributed by atoms with E-state index in [0.717, 1.165) is 0 Å². The van der Waals surface area contributed by atoms with Crippen LogP contribution in [0.15, 0.2) is 18.2 Å². The molecule has 0 bridgehead atoms. The Balaban J connectivity index is 2.72. The maximum atomic E-state index is 11.8. The highest BCUT2D eigenvalue weighted by Crippen LogP contribution is 2.17. The van der Waals surface area contributed by atoms with Gasteiger partial charge in [0.1, 0.15) is 5.75 Å². The number of rotatable bonds is 5. The first-order valence-electron chi connectivity index (χ1n) is 5.28. The zero-order valence-electron chi connectivity index (χ0n) is 9.93. The lowest BCUT2D eigenvalue weighted by atomic mass is 10.1. The number of aliphatic hydroxyl groups excluding tert-OH is 1. The number of ether oxygens (including phenoxy) is 1. The number of amides is 1. The summed E-state index contributed by atoms with van der Waals surface area (Å²) in [5.74, 6) is -0.277. The molecule has 0 heterocycles. The second kappa shape index (κ2) is 6.22. The van der Waals surface area contributed by atoms with E-state index in [2.05, 4.69) is 5.32 Å². The van der Waals surface area contributed by atoms with Crippen LogP contribution in [0.1, 0.15) is 15.9 Å². The molecule has 1 atom stereocenters. The van der Waals surface area contributed by atoms with Crippen LogP contribution in [0, 0.1) is 6.92 Å². The SMILES string of the molecule is COCC(CO)NC(=O)c1ccc(C)c(O)c1. The minimum atomic E-state index is -0.448. The van der Waals surface area contributed by atoms with Crippen LogP contribution < -0.4 is 5.32 Å². The lowest BCUT2D eigenvalue weighted by Gasteiger charge is -2.15. The molecule has 0 aromatic heterocycles. The van der Waals surface area contributed by atoms with Gasteiger partial charge in [-0.15, -0.1) is 0 Å². The van der Waals surface area contributed by atoms with E-state index in [1.807, 2.05) is 0 Å². The largest absolute Gasteiger partial charge is 0.508 e. The minimum absolute atomic E-state index is 0.0740. The third kappa shape index (κ3) is 3.72. The summed E-state index contributed by atoms with van der Waals surface area (Å²) in [6, 6.07) is 4.22. The van der Waals surface area contributed by atoms with Crippen LogP contribution in [0.2, 0.25) is 0 Å². The summed E-state index contributed by atoms with van der Waals surface area (Å²) in [5.41, 5.74) is 1.06. The van der Waals surface area contributed by atoms with Crippen LogP contribution in [0.5, 0.6) is 5.75 Å². The summed E-state index contributed by atoms with van der Waals surface area (Å²) >= 11 is 0. The number of benzene rings is 1. The van der Waals surface area contributed by atoms with Gasteiger partial charge in [-0.05, 0) is 24.6 Å². The number of aromatic hydroxyl groups is 1. The van der Waals surface area contributed by atoms with Gasteiger partial charge in [0, 0.05) is 12.7 Å². The van der Waals surface area contributed by atoms with Crippen LogP contribution >= 0.6 is 0 Å². The van der Waals surface area contributed by atoms with Gasteiger partial charge in [-0.2, -0.15) is 0 Å². The molecule has 0 aliphatic rings. The van der Waals surface area contributed by atoms with E-state index < -0.39 is 6.04 Å². The van der Waals surface area contributed by atoms with Crippen molar-refractivity contribution < 1.29 is 19.7 Å². The van der Waals surface area contributed by atoms with Gasteiger partial charge in [0.2, 0.25) is 0 Å². The summed E-state index contributed by atoms with van der Waals surface area (Å²) in [5, 5.41) is 21.1. The third-order valence-electron chi connectivity index (χ3n) is 2.39. The summed E-state index contributed by atoms with van der Waals surface area (Å²) < 4.78 is 4.85. The summed E-state index contributed by atoms with van der Waals surface area (Å²) in [6.45, 7) is 1.79. The number of methoxy groups -OCH3 is 1. The molecular formula is C12H17NO4. The number of nitrogens with one attached hydrogen (secondary N) is 1. The molecule has 0 aliphatic carbocycles. The van der Waals surface area contributed by atoms with Crippen LogP contribution in [-0.4, -0.2) is 42.5 Å². The Labute approximate surface area is 100 Å². The lowest BCUT2D eigenvalue weighted by Crippen LogP contribution is -2.40. The van der Waals surface area contributed by atoms with Crippen molar-refractivity contribution in [2.45, 2.75) is 13.0 Å². The number of aliphatic hydroxyl groups is 1. The van der Waals surface area contributed by atoms with E-state index in [1.165, 1.54) is 13.2 Å². The molecule has 1 unspecified atom stereocenters. The Hall–Kier alpha value is -1.59. The van der Waals surface area contributed by atoms with Gasteiger partial charge in [-0.25, -0.2) is 0 Å². The highest BCUT2D eigenvalue weighted by molar-refractivity contribution is 5.94. The highest BCUT2D eigenvalue weighted by Gasteiger charge is 2.13. The maximum Gasteiger partial charge on any atom is 0.251 e. The van der Waals surface area contributed by atoms with Crippen molar-refractivity contribution in [1.82, 2.24) is 5.32 Å². The fourth-order valence-electron chi connectivity index (χ4n) is 1.36. The van der Waals surface area contributed by atoms with Gasteiger partial charge in [-0.1, -0.05) is 6.07 Å². The van der Waals surface area contributed by atoms with E-state index in [4.69, 9.17) is 9.84 Å². The van der Waals surface area contributed by atoms with Crippen molar-refractivity contribution in [3.05, 3.63) is 29.3 Å². The van der Waals surface area contributed by atoms with Crippen molar-refractivity contribution in [3.63, 3.8) is 0 Å². The molecule has 1 aromatic carbocycles. The lowest BCUT2D eigenvalue weighted by molar-refractivity contribution is 0.0839. The number of carbonyl (C=O) groups is 1. The van der Waals surface area contributed by atoms with E-state index in [9.17, 15) is 9.90 Å². The van der Waals surface area contributed by atoms with Crippen molar-refractivity contribution in [2.24, 2.45) is 0 Å². The van der Waals surface area contributed by atoms with E-state index in [-0.39, 0.29) is 24.9 Å². The molecule has 0 spiro atoms. The molecule has 17 heavy (non-hydrogen) atoms. The van der Waals surface area contributed by atoms with Crippen LogP contribution in [-0.2, 0) is 4.74 Å². The van der Waals surface area contributed by atoms with Gasteiger partial charge >= 0.3 is 0 Å². The standard InChI is InChI=1S/C12H17NO4/c1-8-3-4-9(5-11(8)15)12(16)13-10(6-14)7-17-2/h3-5,10,14-15H,6-7H2,1-2H3,(H,13,16). The number of aryl methyl sites for hydroxylation is 1. The second-order valence-corrected chi connectivity index (χ2v) is 3.81. The van der Waals surface area contributed by atoms with Gasteiger partial charge in [-0.3, -0.25) is 4.79 Å². The minimum Gasteiger partial charge on any atom is -0.508 e. The molecule has 94 valence electrons. The summed E-state index contributed by atoms with van der Waals surface area (Å²) in [6.07, 6.45) is 0. The van der Waals surface area contributed by atoms with Gasteiger partial charge in [0.15, 0.2) is 0 Å². The Morgan fingerprint density at radius 1 is 1.53 bits per heavy atom. The molecule has 3 N–H and O–H groups in total. The fraction of sp³-hybridized carbons (Fsp3) is 0.417. The van der Waals surface area contributed by atoms with Gasteiger partial charge in [0.25, 0.3) is 5.91 Å². The Kier molecular flexibility index (Phi) is 4.93. The van der Waals surface area contributed by atoms with E-state index in [0.29, 0.717) is 11.1 Å². The Morgan fingerprint density at radius 3 is 2.76 bits per heavy atom. The molecule has 5 nitrogen and oxygen atoms in total. The van der Waals surface area contributed by atoms with Crippen molar-refractivity contribution in [3.8, 4) is 5.75 Å².